The summed E-state index contributed by atoms with van der Waals surface area (Å²) in [7, 11) is 0. The number of hydrogen-bond donors (Lipinski definition) is 1. The molecule has 1 aliphatic rings. The van der Waals surface area contributed by atoms with Crippen molar-refractivity contribution in [3.63, 3.8) is 0 Å². The van der Waals surface area contributed by atoms with E-state index in [1.807, 2.05) is 0 Å². The van der Waals surface area contributed by atoms with Crippen molar-refractivity contribution in [1.29, 1.82) is 0 Å². The lowest BCUT2D eigenvalue weighted by atomic mass is 10.1. The van der Waals surface area contributed by atoms with Crippen molar-refractivity contribution in [2.24, 2.45) is 5.92 Å². The number of nitrogens with zero attached hydrogens (tertiary/aromatic N) is 3. The van der Waals surface area contributed by atoms with Gasteiger partial charge in [0.15, 0.2) is 0 Å². The summed E-state index contributed by atoms with van der Waals surface area (Å²) in [6.07, 6.45) is 5.65. The normalized spacial score (nSPS) is 17.5. The molecule has 1 amide bonds. The summed E-state index contributed by atoms with van der Waals surface area (Å²) in [5.74, 6) is 0.305. The van der Waals surface area contributed by atoms with Crippen molar-refractivity contribution < 1.29 is 4.79 Å². The fourth-order valence-corrected chi connectivity index (χ4v) is 2.89. The van der Waals surface area contributed by atoms with Crippen LogP contribution < -0.4 is 10.2 Å². The van der Waals surface area contributed by atoms with Crippen LogP contribution in [0.25, 0.3) is 0 Å². The Morgan fingerprint density at radius 3 is 2.86 bits per heavy atom. The van der Waals surface area contributed by atoms with Gasteiger partial charge in [0, 0.05) is 42.2 Å². The fraction of sp³-hybridized carbons (Fsp3) is 0.312. The van der Waals surface area contributed by atoms with Crippen molar-refractivity contribution >= 4 is 27.5 Å². The maximum Gasteiger partial charge on any atom is 0.271 e. The Morgan fingerprint density at radius 2 is 2.14 bits per heavy atom. The van der Waals surface area contributed by atoms with Crippen LogP contribution in [0.15, 0.2) is 47.3 Å². The maximum atomic E-state index is 12.0. The fourth-order valence-electron chi connectivity index (χ4n) is 2.63. The van der Waals surface area contributed by atoms with Gasteiger partial charge >= 0.3 is 0 Å². The van der Waals surface area contributed by atoms with E-state index in [0.717, 1.165) is 24.0 Å². The van der Waals surface area contributed by atoms with Gasteiger partial charge in [-0.15, -0.1) is 0 Å². The lowest BCUT2D eigenvalue weighted by Gasteiger charge is -2.19. The molecule has 1 atom stereocenters. The highest BCUT2D eigenvalue weighted by Gasteiger charge is 2.23. The molecule has 3 rings (SSSR count). The average Bonchev–Trinajstić information content (AvgIpc) is 3.03. The summed E-state index contributed by atoms with van der Waals surface area (Å²) in [4.78, 5) is 22.2. The first-order valence-corrected chi connectivity index (χ1v) is 8.06. The molecule has 22 heavy (non-hydrogen) atoms. The van der Waals surface area contributed by atoms with Crippen molar-refractivity contribution in [3.8, 4) is 0 Å². The Kier molecular flexibility index (Phi) is 4.68. The third-order valence-electron chi connectivity index (χ3n) is 3.82. The van der Waals surface area contributed by atoms with Gasteiger partial charge in [-0.2, -0.15) is 0 Å². The number of nitrogens with one attached hydrogen (secondary N) is 1. The summed E-state index contributed by atoms with van der Waals surface area (Å²) < 4.78 is 1.09. The Bertz CT molecular complexity index is 632. The van der Waals surface area contributed by atoms with Crippen LogP contribution in [0.1, 0.15) is 16.9 Å². The molecule has 1 unspecified atom stereocenters. The number of carbonyl (C=O) groups is 1. The predicted octanol–water partition coefficient (Wildman–Crippen LogP) is 2.50. The van der Waals surface area contributed by atoms with Gasteiger partial charge in [-0.25, -0.2) is 4.98 Å². The third-order valence-corrected chi connectivity index (χ3v) is 4.35. The lowest BCUT2D eigenvalue weighted by molar-refractivity contribution is 0.0943. The van der Waals surface area contributed by atoms with E-state index in [-0.39, 0.29) is 5.91 Å². The van der Waals surface area contributed by atoms with Gasteiger partial charge in [0.1, 0.15) is 5.69 Å². The van der Waals surface area contributed by atoms with Gasteiger partial charge in [-0.05, 0) is 36.6 Å². The van der Waals surface area contributed by atoms with Crippen molar-refractivity contribution in [2.75, 3.05) is 24.5 Å². The van der Waals surface area contributed by atoms with Crippen molar-refractivity contribution in [3.05, 3.63) is 53.0 Å². The van der Waals surface area contributed by atoms with E-state index >= 15 is 0 Å². The first-order chi connectivity index (χ1) is 10.7. The van der Waals surface area contributed by atoms with Crippen LogP contribution in [0, 0.1) is 5.92 Å². The molecule has 0 saturated carbocycles. The van der Waals surface area contributed by atoms with Gasteiger partial charge in [0.2, 0.25) is 0 Å². The molecular formula is C16H17BrN4O. The second kappa shape index (κ2) is 6.87. The first kappa shape index (κ1) is 15.0. The molecule has 5 nitrogen and oxygen atoms in total. The third kappa shape index (κ3) is 3.62. The van der Waals surface area contributed by atoms with Crippen LogP contribution in [0.4, 0.5) is 5.69 Å². The molecule has 0 radical (unpaired) electrons. The number of amides is 1. The van der Waals surface area contributed by atoms with E-state index in [4.69, 9.17) is 0 Å². The summed E-state index contributed by atoms with van der Waals surface area (Å²) >= 11 is 3.45. The molecule has 2 aromatic rings. The Labute approximate surface area is 137 Å². The number of anilines is 1. The molecule has 0 spiro atoms. The van der Waals surface area contributed by atoms with Gasteiger partial charge in [-0.3, -0.25) is 9.78 Å². The average molecular weight is 361 g/mol. The van der Waals surface area contributed by atoms with E-state index in [9.17, 15) is 4.79 Å². The highest BCUT2D eigenvalue weighted by atomic mass is 79.9. The molecule has 2 heterocycles. The molecule has 1 aliphatic heterocycles. The molecule has 1 saturated heterocycles. The van der Waals surface area contributed by atoms with E-state index in [1.54, 1.807) is 6.20 Å². The van der Waals surface area contributed by atoms with E-state index < -0.39 is 0 Å². The number of benzene rings is 1. The predicted molar refractivity (Wildman–Crippen MR) is 88.8 cm³/mol. The molecule has 1 aromatic heterocycles. The number of carbonyl (C=O) groups excluding carboxylic acids is 1. The van der Waals surface area contributed by atoms with Crippen LogP contribution >= 0.6 is 15.9 Å². The summed E-state index contributed by atoms with van der Waals surface area (Å²) in [6, 6.07) is 8.34. The smallest absolute Gasteiger partial charge is 0.271 e. The highest BCUT2D eigenvalue weighted by molar-refractivity contribution is 9.10. The van der Waals surface area contributed by atoms with Crippen LogP contribution in [-0.4, -0.2) is 35.5 Å². The Morgan fingerprint density at radius 1 is 1.32 bits per heavy atom. The zero-order valence-electron chi connectivity index (χ0n) is 12.1. The number of aromatic nitrogens is 2. The van der Waals surface area contributed by atoms with Crippen LogP contribution in [0.2, 0.25) is 0 Å². The zero-order valence-corrected chi connectivity index (χ0v) is 13.7. The van der Waals surface area contributed by atoms with Crippen LogP contribution in [-0.2, 0) is 0 Å². The Hall–Kier alpha value is -1.95. The Balaban J connectivity index is 1.51. The van der Waals surface area contributed by atoms with Crippen LogP contribution in [0.5, 0.6) is 0 Å². The maximum absolute atomic E-state index is 12.0. The van der Waals surface area contributed by atoms with Crippen molar-refractivity contribution in [1.82, 2.24) is 15.3 Å². The number of rotatable bonds is 4. The molecule has 1 aromatic carbocycles. The zero-order chi connectivity index (χ0) is 15.4. The molecule has 1 fully saturated rings. The van der Waals surface area contributed by atoms with Gasteiger partial charge in [0.05, 0.1) is 6.20 Å². The van der Waals surface area contributed by atoms with Crippen molar-refractivity contribution in [2.45, 2.75) is 6.42 Å². The molecule has 1 N–H and O–H groups in total. The second-order valence-corrected chi connectivity index (χ2v) is 6.29. The molecular weight excluding hydrogens is 344 g/mol. The summed E-state index contributed by atoms with van der Waals surface area (Å²) in [5, 5.41) is 2.95. The summed E-state index contributed by atoms with van der Waals surface area (Å²) in [6.45, 7) is 2.65. The SMILES string of the molecule is O=C(NCC1CCN(c2ccc(Br)cc2)C1)c1cnccn1. The van der Waals surface area contributed by atoms with Gasteiger partial charge in [0.25, 0.3) is 5.91 Å². The van der Waals surface area contributed by atoms with E-state index in [2.05, 4.69) is 60.4 Å². The highest BCUT2D eigenvalue weighted by Crippen LogP contribution is 2.24. The first-order valence-electron chi connectivity index (χ1n) is 7.27. The second-order valence-electron chi connectivity index (χ2n) is 5.38. The quantitative estimate of drug-likeness (QED) is 0.909. The van der Waals surface area contributed by atoms with E-state index in [1.165, 1.54) is 18.1 Å². The minimum atomic E-state index is -0.157. The molecule has 6 heteroatoms. The largest absolute Gasteiger partial charge is 0.371 e. The standard InChI is InChI=1S/C16H17BrN4O/c17-13-1-3-14(4-2-13)21-8-5-12(11-21)9-20-16(22)15-10-18-6-7-19-15/h1-4,6-7,10,12H,5,8-9,11H2,(H,20,22). The molecule has 0 bridgehead atoms. The molecule has 0 aliphatic carbocycles. The topological polar surface area (TPSA) is 58.1 Å². The minimum absolute atomic E-state index is 0.157. The monoisotopic (exact) mass is 360 g/mol. The molecule has 114 valence electrons. The number of halogens is 1. The summed E-state index contributed by atoms with van der Waals surface area (Å²) in [5.41, 5.74) is 1.59. The van der Waals surface area contributed by atoms with Gasteiger partial charge in [-0.1, -0.05) is 15.9 Å². The van der Waals surface area contributed by atoms with Crippen LogP contribution in [0.3, 0.4) is 0 Å². The van der Waals surface area contributed by atoms with Gasteiger partial charge < -0.3 is 10.2 Å². The minimum Gasteiger partial charge on any atom is -0.371 e. The lowest BCUT2D eigenvalue weighted by Crippen LogP contribution is -2.31. The number of hydrogen-bond acceptors (Lipinski definition) is 4. The van der Waals surface area contributed by atoms with E-state index in [0.29, 0.717) is 18.2 Å².